The minimum Gasteiger partial charge on any atom is -0.269 e. The van der Waals surface area contributed by atoms with Crippen molar-refractivity contribution >= 4 is 10.1 Å². The first-order valence-electron chi connectivity index (χ1n) is 7.24. The number of hydrogen-bond donors (Lipinski definition) is 0. The Morgan fingerprint density at radius 2 is 1.94 bits per heavy atom. The van der Waals surface area contributed by atoms with Gasteiger partial charge in [0.2, 0.25) is 0 Å². The molecule has 0 aromatic heterocycles. The van der Waals surface area contributed by atoms with Gasteiger partial charge in [0, 0.05) is 5.41 Å². The van der Waals surface area contributed by atoms with Crippen LogP contribution in [0.4, 0.5) is 0 Å². The van der Waals surface area contributed by atoms with Crippen LogP contribution in [0.25, 0.3) is 0 Å². The van der Waals surface area contributed by atoms with Crippen LogP contribution in [-0.4, -0.2) is 20.3 Å². The van der Waals surface area contributed by atoms with Crippen LogP contribution in [0, 0.1) is 22.2 Å². The summed E-state index contributed by atoms with van der Waals surface area (Å²) >= 11 is 0. The Balaban J connectivity index is 1.99. The summed E-state index contributed by atoms with van der Waals surface area (Å²) in [7, 11) is -3.32. The van der Waals surface area contributed by atoms with Crippen LogP contribution in [0.15, 0.2) is 0 Å². The topological polar surface area (TPSA) is 43.4 Å². The molecule has 1 saturated heterocycles. The fraction of sp³-hybridized carbons (Fsp3) is 1.00. The van der Waals surface area contributed by atoms with Crippen molar-refractivity contribution in [3.63, 3.8) is 0 Å². The van der Waals surface area contributed by atoms with Crippen LogP contribution < -0.4 is 0 Å². The predicted molar refractivity (Wildman–Crippen MR) is 68.5 cm³/mol. The Morgan fingerprint density at radius 3 is 2.72 bits per heavy atom. The van der Waals surface area contributed by atoms with Gasteiger partial charge in [0.05, 0.1) is 11.9 Å². The van der Waals surface area contributed by atoms with E-state index in [4.69, 9.17) is 4.18 Å². The third-order valence-electron chi connectivity index (χ3n) is 7.25. The molecule has 0 N–H and O–H groups in total. The van der Waals surface area contributed by atoms with E-state index < -0.39 is 10.1 Å². The van der Waals surface area contributed by atoms with Crippen molar-refractivity contribution in [1.82, 2.24) is 0 Å². The van der Waals surface area contributed by atoms with E-state index in [9.17, 15) is 8.42 Å². The second-order valence-corrected chi connectivity index (χ2v) is 9.31. The van der Waals surface area contributed by atoms with Crippen molar-refractivity contribution in [3.8, 4) is 0 Å². The third kappa shape index (κ3) is 0.953. The van der Waals surface area contributed by atoms with E-state index in [0.717, 1.165) is 19.3 Å². The molecule has 0 unspecified atom stereocenters. The third-order valence-corrected chi connectivity index (χ3v) is 8.99. The molecule has 3 nitrogen and oxygen atoms in total. The first kappa shape index (κ1) is 11.7. The highest BCUT2D eigenvalue weighted by atomic mass is 32.2. The summed E-state index contributed by atoms with van der Waals surface area (Å²) < 4.78 is 30.0. The lowest BCUT2D eigenvalue weighted by molar-refractivity contribution is -0.112. The zero-order chi connectivity index (χ0) is 12.8. The monoisotopic (exact) mass is 270 g/mol. The van der Waals surface area contributed by atoms with Gasteiger partial charge in [-0.3, -0.25) is 4.18 Å². The molecular weight excluding hydrogens is 248 g/mol. The molecule has 0 amide bonds. The van der Waals surface area contributed by atoms with E-state index >= 15 is 0 Å². The van der Waals surface area contributed by atoms with Gasteiger partial charge >= 0.3 is 0 Å². The second-order valence-electron chi connectivity index (χ2n) is 7.52. The van der Waals surface area contributed by atoms with Gasteiger partial charge in [0.15, 0.2) is 0 Å². The molecule has 18 heavy (non-hydrogen) atoms. The Bertz CT molecular complexity index is 513. The first-order valence-corrected chi connectivity index (χ1v) is 8.71. The SMILES string of the molecule is C[C@@]12CCC[C@]3(C)[C@H]4CC[C@@]13[C@H](C4)S(=O)(=O)OC2. The number of rotatable bonds is 0. The Labute approximate surface area is 109 Å². The quantitative estimate of drug-likeness (QED) is 0.636. The first-order chi connectivity index (χ1) is 8.36. The van der Waals surface area contributed by atoms with Crippen molar-refractivity contribution in [3.05, 3.63) is 0 Å². The minimum atomic E-state index is -3.32. The largest absolute Gasteiger partial charge is 0.270 e. The Hall–Kier alpha value is -0.0900. The lowest BCUT2D eigenvalue weighted by atomic mass is 9.48. The molecule has 3 aliphatic carbocycles. The normalized spacial score (nSPS) is 60.6. The van der Waals surface area contributed by atoms with Crippen molar-refractivity contribution in [2.45, 2.75) is 57.6 Å². The summed E-state index contributed by atoms with van der Waals surface area (Å²) in [5, 5.41) is -0.215. The highest BCUT2D eigenvalue weighted by molar-refractivity contribution is 7.87. The zero-order valence-electron chi connectivity index (χ0n) is 11.2. The summed E-state index contributed by atoms with van der Waals surface area (Å²) in [6.07, 6.45) is 6.80. The van der Waals surface area contributed by atoms with Gasteiger partial charge in [0.1, 0.15) is 0 Å². The molecule has 1 heterocycles. The van der Waals surface area contributed by atoms with Gasteiger partial charge < -0.3 is 0 Å². The summed E-state index contributed by atoms with van der Waals surface area (Å²) in [6, 6.07) is 0. The van der Waals surface area contributed by atoms with Crippen LogP contribution in [0.5, 0.6) is 0 Å². The molecular formula is C14H22O3S. The summed E-state index contributed by atoms with van der Waals surface area (Å²) in [5.74, 6) is 0.610. The van der Waals surface area contributed by atoms with Crippen LogP contribution in [-0.2, 0) is 14.3 Å². The van der Waals surface area contributed by atoms with Crippen molar-refractivity contribution in [2.24, 2.45) is 22.2 Å². The van der Waals surface area contributed by atoms with Gasteiger partial charge in [-0.1, -0.05) is 20.3 Å². The molecule has 0 aromatic rings. The maximum atomic E-state index is 12.3. The lowest BCUT2D eigenvalue weighted by Crippen LogP contribution is -2.62. The maximum absolute atomic E-state index is 12.3. The average molecular weight is 270 g/mol. The van der Waals surface area contributed by atoms with E-state index in [1.165, 1.54) is 19.3 Å². The van der Waals surface area contributed by atoms with E-state index in [2.05, 4.69) is 13.8 Å². The van der Waals surface area contributed by atoms with E-state index in [0.29, 0.717) is 12.5 Å². The standard InChI is InChI=1S/C14H22O3S/c1-12-5-3-6-13(2)10-4-7-14(12,13)11(8-10)18(15,16)17-9-12/h10-11H,3-9H2,1-2H3/t10-,11-,12-,13+,14+/m0/s1. The van der Waals surface area contributed by atoms with Gasteiger partial charge in [0.25, 0.3) is 10.1 Å². The van der Waals surface area contributed by atoms with Crippen LogP contribution in [0.3, 0.4) is 0 Å². The molecule has 4 fully saturated rings. The smallest absolute Gasteiger partial charge is 0.269 e. The molecule has 0 radical (unpaired) electrons. The van der Waals surface area contributed by atoms with Crippen molar-refractivity contribution < 1.29 is 12.6 Å². The van der Waals surface area contributed by atoms with Crippen molar-refractivity contribution in [1.29, 1.82) is 0 Å². The summed E-state index contributed by atoms with van der Waals surface area (Å²) in [4.78, 5) is 0. The molecule has 1 aliphatic heterocycles. The minimum absolute atomic E-state index is 0.0139. The van der Waals surface area contributed by atoms with Crippen LogP contribution in [0.2, 0.25) is 0 Å². The number of hydrogen-bond acceptors (Lipinski definition) is 3. The Morgan fingerprint density at radius 1 is 1.17 bits per heavy atom. The molecule has 1 spiro atoms. The molecule has 3 saturated carbocycles. The molecule has 4 heteroatoms. The van der Waals surface area contributed by atoms with Crippen LogP contribution >= 0.6 is 0 Å². The maximum Gasteiger partial charge on any atom is 0.270 e. The summed E-state index contributed by atoms with van der Waals surface area (Å²) in [5.41, 5.74) is 0.350. The molecule has 0 aromatic carbocycles. The molecule has 5 atom stereocenters. The molecule has 4 aliphatic rings. The van der Waals surface area contributed by atoms with E-state index in [-0.39, 0.29) is 21.5 Å². The molecule has 4 rings (SSSR count). The fourth-order valence-corrected chi connectivity index (χ4v) is 8.69. The molecule has 102 valence electrons. The van der Waals surface area contributed by atoms with Gasteiger partial charge in [-0.2, -0.15) is 8.42 Å². The van der Waals surface area contributed by atoms with Crippen LogP contribution in [0.1, 0.15) is 52.4 Å². The molecule has 2 bridgehead atoms. The highest BCUT2D eigenvalue weighted by Crippen LogP contribution is 2.78. The van der Waals surface area contributed by atoms with Crippen molar-refractivity contribution in [2.75, 3.05) is 6.61 Å². The predicted octanol–water partition coefficient (Wildman–Crippen LogP) is 2.71. The average Bonchev–Trinajstić information content (AvgIpc) is 2.75. The van der Waals surface area contributed by atoms with Gasteiger partial charge in [-0.05, 0) is 48.9 Å². The van der Waals surface area contributed by atoms with Gasteiger partial charge in [-0.15, -0.1) is 0 Å². The second kappa shape index (κ2) is 2.98. The summed E-state index contributed by atoms with van der Waals surface area (Å²) in [6.45, 7) is 5.09. The Kier molecular flexibility index (Phi) is 1.94. The zero-order valence-corrected chi connectivity index (χ0v) is 12.1. The highest BCUT2D eigenvalue weighted by Gasteiger charge is 2.77. The van der Waals surface area contributed by atoms with E-state index in [1.54, 1.807) is 0 Å². The van der Waals surface area contributed by atoms with E-state index in [1.807, 2.05) is 0 Å². The fourth-order valence-electron chi connectivity index (χ4n) is 6.47. The van der Waals surface area contributed by atoms with Gasteiger partial charge in [-0.25, -0.2) is 0 Å². The lowest BCUT2D eigenvalue weighted by Gasteiger charge is -2.60.